The minimum absolute atomic E-state index is 0.0644. The van der Waals surface area contributed by atoms with Crippen LogP contribution in [0.2, 0.25) is 0 Å². The van der Waals surface area contributed by atoms with E-state index in [-0.39, 0.29) is 17.6 Å². The minimum atomic E-state index is -1.32. The number of nitrogens with one attached hydrogen (secondary N) is 2. The molecule has 0 radical (unpaired) electrons. The molecule has 1 aromatic carbocycles. The van der Waals surface area contributed by atoms with Gasteiger partial charge in [0.25, 0.3) is 5.89 Å². The van der Waals surface area contributed by atoms with E-state index in [0.717, 1.165) is 3.57 Å². The van der Waals surface area contributed by atoms with Gasteiger partial charge in [-0.3, -0.25) is 4.98 Å². The summed E-state index contributed by atoms with van der Waals surface area (Å²) >= 11 is 2.01. The Bertz CT molecular complexity index is 902. The predicted molar refractivity (Wildman–Crippen MR) is 91.6 cm³/mol. The van der Waals surface area contributed by atoms with Crippen LogP contribution in [-0.2, 0) is 0 Å². The van der Waals surface area contributed by atoms with E-state index in [1.165, 1.54) is 18.5 Å². The lowest BCUT2D eigenvalue weighted by Crippen LogP contribution is -2.07. The van der Waals surface area contributed by atoms with E-state index in [1.807, 2.05) is 27.9 Å². The second kappa shape index (κ2) is 6.78. The lowest BCUT2D eigenvalue weighted by molar-refractivity contribution is 0.209. The lowest BCUT2D eigenvalue weighted by Gasteiger charge is -2.10. The van der Waals surface area contributed by atoms with Crippen molar-refractivity contribution < 1.29 is 18.7 Å². The summed E-state index contributed by atoms with van der Waals surface area (Å²) in [5.41, 5.74) is 1.14. The first-order chi connectivity index (χ1) is 11.5. The molecule has 3 N–H and O–H groups in total. The monoisotopic (exact) mass is 441 g/mol. The van der Waals surface area contributed by atoms with Crippen LogP contribution in [0.15, 0.2) is 41.1 Å². The summed E-state index contributed by atoms with van der Waals surface area (Å²) in [7, 11) is 0. The maximum absolute atomic E-state index is 14.0. The van der Waals surface area contributed by atoms with Crippen LogP contribution in [0.25, 0.3) is 11.5 Å². The van der Waals surface area contributed by atoms with Gasteiger partial charge in [0, 0.05) is 9.77 Å². The standard InChI is InChI=1S/C14H9FIN5O3/c15-9-5-7(16)1-2-10(9)18-11-6-17-4-3-8(11)12-20-21-13(24-12)19-14(22)23/h1-6,18H,(H,19,21)(H,22,23). The van der Waals surface area contributed by atoms with Gasteiger partial charge in [-0.05, 0) is 46.9 Å². The number of anilines is 3. The summed E-state index contributed by atoms with van der Waals surface area (Å²) in [6.07, 6.45) is 1.65. The van der Waals surface area contributed by atoms with E-state index in [4.69, 9.17) is 9.52 Å². The van der Waals surface area contributed by atoms with Gasteiger partial charge in [0.15, 0.2) is 0 Å². The third-order valence-electron chi connectivity index (χ3n) is 2.89. The van der Waals surface area contributed by atoms with E-state index in [2.05, 4.69) is 20.5 Å². The summed E-state index contributed by atoms with van der Waals surface area (Å²) in [4.78, 5) is 14.6. The molecule has 3 rings (SSSR count). The van der Waals surface area contributed by atoms with Crippen molar-refractivity contribution in [1.29, 1.82) is 0 Å². The lowest BCUT2D eigenvalue weighted by atomic mass is 10.2. The van der Waals surface area contributed by atoms with Gasteiger partial charge in [-0.15, -0.1) is 5.10 Å². The van der Waals surface area contributed by atoms with Crippen LogP contribution < -0.4 is 10.6 Å². The molecule has 3 aromatic rings. The van der Waals surface area contributed by atoms with Crippen molar-refractivity contribution in [2.45, 2.75) is 0 Å². The van der Waals surface area contributed by atoms with Crippen LogP contribution in [0.5, 0.6) is 0 Å². The number of hydrogen-bond donors (Lipinski definition) is 3. The Kier molecular flexibility index (Phi) is 4.55. The molecule has 8 nitrogen and oxygen atoms in total. The summed E-state index contributed by atoms with van der Waals surface area (Å²) < 4.78 is 20.0. The minimum Gasteiger partial charge on any atom is -0.465 e. The zero-order chi connectivity index (χ0) is 17.1. The number of nitrogens with zero attached hydrogens (tertiary/aromatic N) is 3. The van der Waals surface area contributed by atoms with Gasteiger partial charge in [0.1, 0.15) is 5.82 Å². The maximum Gasteiger partial charge on any atom is 0.412 e. The fourth-order valence-corrected chi connectivity index (χ4v) is 2.34. The van der Waals surface area contributed by atoms with Crippen molar-refractivity contribution >= 4 is 46.1 Å². The Morgan fingerprint density at radius 1 is 1.25 bits per heavy atom. The SMILES string of the molecule is O=C(O)Nc1nnc(-c2ccncc2Nc2ccc(I)cc2F)o1. The van der Waals surface area contributed by atoms with Crippen LogP contribution >= 0.6 is 22.6 Å². The number of pyridine rings is 1. The molecule has 0 atom stereocenters. The summed E-state index contributed by atoms with van der Waals surface area (Å²) in [5.74, 6) is -0.356. The third kappa shape index (κ3) is 3.59. The number of carboxylic acid groups (broad SMARTS) is 1. The highest BCUT2D eigenvalue weighted by Crippen LogP contribution is 2.30. The highest BCUT2D eigenvalue weighted by atomic mass is 127. The Balaban J connectivity index is 1.93. The number of carbonyl (C=O) groups is 1. The van der Waals surface area contributed by atoms with Crippen molar-refractivity contribution in [1.82, 2.24) is 15.2 Å². The van der Waals surface area contributed by atoms with Crippen LogP contribution in [0, 0.1) is 9.39 Å². The van der Waals surface area contributed by atoms with Gasteiger partial charge in [-0.2, -0.15) is 0 Å². The molecule has 2 aromatic heterocycles. The molecule has 10 heteroatoms. The quantitative estimate of drug-likeness (QED) is 0.529. The molecule has 1 amide bonds. The van der Waals surface area contributed by atoms with Crippen LogP contribution in [0.4, 0.5) is 26.6 Å². The van der Waals surface area contributed by atoms with Crippen LogP contribution in [0.3, 0.4) is 0 Å². The normalized spacial score (nSPS) is 10.4. The molecule has 24 heavy (non-hydrogen) atoms. The maximum atomic E-state index is 14.0. The number of rotatable bonds is 4. The molecule has 0 saturated heterocycles. The molecule has 0 unspecified atom stereocenters. The third-order valence-corrected chi connectivity index (χ3v) is 3.56. The molecule has 0 aliphatic rings. The smallest absolute Gasteiger partial charge is 0.412 e. The van der Waals surface area contributed by atoms with E-state index in [1.54, 1.807) is 18.2 Å². The van der Waals surface area contributed by atoms with Crippen LogP contribution in [0.1, 0.15) is 0 Å². The Hall–Kier alpha value is -2.76. The Morgan fingerprint density at radius 3 is 2.83 bits per heavy atom. The molecule has 0 bridgehead atoms. The van der Waals surface area contributed by atoms with E-state index in [9.17, 15) is 9.18 Å². The summed E-state index contributed by atoms with van der Waals surface area (Å²) in [6, 6.07) is 6.06. The van der Waals surface area contributed by atoms with Gasteiger partial charge in [-0.25, -0.2) is 14.5 Å². The van der Waals surface area contributed by atoms with E-state index < -0.39 is 11.9 Å². The molecule has 0 spiro atoms. The zero-order valence-corrected chi connectivity index (χ0v) is 14.0. The first kappa shape index (κ1) is 16.1. The average molecular weight is 441 g/mol. The first-order valence-electron chi connectivity index (χ1n) is 6.53. The molecular weight excluding hydrogens is 432 g/mol. The van der Waals surface area contributed by atoms with Gasteiger partial charge in [0.2, 0.25) is 0 Å². The van der Waals surface area contributed by atoms with Crippen molar-refractivity contribution in [3.05, 3.63) is 46.0 Å². The fourth-order valence-electron chi connectivity index (χ4n) is 1.89. The fraction of sp³-hybridized carbons (Fsp3) is 0. The van der Waals surface area contributed by atoms with E-state index in [0.29, 0.717) is 11.3 Å². The Labute approximate surface area is 148 Å². The highest BCUT2D eigenvalue weighted by Gasteiger charge is 2.15. The molecule has 0 fully saturated rings. The van der Waals surface area contributed by atoms with Gasteiger partial charge >= 0.3 is 12.1 Å². The number of hydrogen-bond acceptors (Lipinski definition) is 6. The van der Waals surface area contributed by atoms with Gasteiger partial charge < -0.3 is 14.8 Å². The summed E-state index contributed by atoms with van der Waals surface area (Å²) in [5, 5.41) is 20.9. The van der Waals surface area contributed by atoms with Crippen molar-refractivity contribution in [3.8, 4) is 11.5 Å². The molecule has 2 heterocycles. The molecular formula is C14H9FIN5O3. The largest absolute Gasteiger partial charge is 0.465 e. The first-order valence-corrected chi connectivity index (χ1v) is 7.61. The number of aromatic nitrogens is 3. The van der Waals surface area contributed by atoms with Crippen molar-refractivity contribution in [3.63, 3.8) is 0 Å². The van der Waals surface area contributed by atoms with Crippen LogP contribution in [-0.4, -0.2) is 26.4 Å². The second-order valence-corrected chi connectivity index (χ2v) is 5.76. The molecule has 0 aliphatic heterocycles. The molecule has 0 saturated carbocycles. The zero-order valence-electron chi connectivity index (χ0n) is 11.8. The second-order valence-electron chi connectivity index (χ2n) is 4.51. The number of benzene rings is 1. The topological polar surface area (TPSA) is 113 Å². The number of halogens is 2. The summed E-state index contributed by atoms with van der Waals surface area (Å²) in [6.45, 7) is 0. The molecule has 122 valence electrons. The van der Waals surface area contributed by atoms with Crippen molar-refractivity contribution in [2.75, 3.05) is 10.6 Å². The van der Waals surface area contributed by atoms with E-state index >= 15 is 0 Å². The average Bonchev–Trinajstić information content (AvgIpc) is 2.98. The predicted octanol–water partition coefficient (Wildman–Crippen LogP) is 3.71. The van der Waals surface area contributed by atoms with Gasteiger partial charge in [0.05, 0.1) is 23.1 Å². The van der Waals surface area contributed by atoms with Gasteiger partial charge in [-0.1, -0.05) is 5.10 Å². The highest BCUT2D eigenvalue weighted by molar-refractivity contribution is 14.1. The molecule has 0 aliphatic carbocycles. The number of amides is 1. The Morgan fingerprint density at radius 2 is 2.08 bits per heavy atom. The van der Waals surface area contributed by atoms with Crippen molar-refractivity contribution in [2.24, 2.45) is 0 Å².